The van der Waals surface area contributed by atoms with E-state index < -0.39 is 18.1 Å². The quantitative estimate of drug-likeness (QED) is 0.734. The minimum Gasteiger partial charge on any atom is -0.467 e. The lowest BCUT2D eigenvalue weighted by molar-refractivity contribution is -0.146. The Labute approximate surface area is 153 Å². The van der Waals surface area contributed by atoms with Gasteiger partial charge in [0.15, 0.2) is 0 Å². The Morgan fingerprint density at radius 1 is 1.00 bits per heavy atom. The monoisotopic (exact) mass is 356 g/mol. The maximum absolute atomic E-state index is 12.6. The van der Waals surface area contributed by atoms with Crippen LogP contribution in [0.5, 0.6) is 0 Å². The van der Waals surface area contributed by atoms with Gasteiger partial charge in [0, 0.05) is 19.5 Å². The molecule has 0 spiro atoms. The summed E-state index contributed by atoms with van der Waals surface area (Å²) in [7, 11) is 1.30. The van der Waals surface area contributed by atoms with E-state index >= 15 is 0 Å². The van der Waals surface area contributed by atoms with Gasteiger partial charge in [0.1, 0.15) is 12.6 Å². The molecule has 0 heterocycles. The van der Waals surface area contributed by atoms with Crippen molar-refractivity contribution in [3.8, 4) is 0 Å². The summed E-state index contributed by atoms with van der Waals surface area (Å²) in [6.45, 7) is 0.531. The molecule has 6 heteroatoms. The summed E-state index contributed by atoms with van der Waals surface area (Å²) in [6, 6.07) is 18.0. The summed E-state index contributed by atoms with van der Waals surface area (Å²) in [5.74, 6) is -0.501. The molecule has 0 saturated heterocycles. The van der Waals surface area contributed by atoms with E-state index in [-0.39, 0.29) is 19.7 Å². The zero-order valence-corrected chi connectivity index (χ0v) is 14.8. The van der Waals surface area contributed by atoms with Crippen LogP contribution in [0.3, 0.4) is 0 Å². The smallest absolute Gasteiger partial charge is 0.410 e. The van der Waals surface area contributed by atoms with Crippen molar-refractivity contribution in [2.24, 2.45) is 5.73 Å². The molecule has 2 aromatic rings. The van der Waals surface area contributed by atoms with Gasteiger partial charge in [-0.25, -0.2) is 9.59 Å². The Balaban J connectivity index is 2.13. The lowest BCUT2D eigenvalue weighted by atomic mass is 10.0. The van der Waals surface area contributed by atoms with Gasteiger partial charge in [-0.15, -0.1) is 0 Å². The van der Waals surface area contributed by atoms with Crippen LogP contribution in [0.25, 0.3) is 0 Å². The van der Waals surface area contributed by atoms with E-state index in [2.05, 4.69) is 0 Å². The number of ether oxygens (including phenoxy) is 2. The highest BCUT2D eigenvalue weighted by Crippen LogP contribution is 2.13. The number of benzene rings is 2. The molecule has 0 aliphatic heterocycles. The Bertz CT molecular complexity index is 691. The summed E-state index contributed by atoms with van der Waals surface area (Å²) in [5.41, 5.74) is 7.43. The molecule has 138 valence electrons. The first-order chi connectivity index (χ1) is 12.7. The fourth-order valence-electron chi connectivity index (χ4n) is 2.61. The van der Waals surface area contributed by atoms with Gasteiger partial charge in [0.2, 0.25) is 0 Å². The predicted molar refractivity (Wildman–Crippen MR) is 98.3 cm³/mol. The second kappa shape index (κ2) is 10.2. The molecule has 2 aromatic carbocycles. The average Bonchev–Trinajstić information content (AvgIpc) is 2.69. The average molecular weight is 356 g/mol. The summed E-state index contributed by atoms with van der Waals surface area (Å²) in [6.07, 6.45) is -0.265. The van der Waals surface area contributed by atoms with Crippen LogP contribution in [-0.2, 0) is 27.3 Å². The van der Waals surface area contributed by atoms with Crippen LogP contribution in [0.15, 0.2) is 60.7 Å². The van der Waals surface area contributed by atoms with E-state index in [4.69, 9.17) is 15.2 Å². The van der Waals surface area contributed by atoms with E-state index in [9.17, 15) is 9.59 Å². The van der Waals surface area contributed by atoms with Gasteiger partial charge in [0.25, 0.3) is 0 Å². The lowest BCUT2D eigenvalue weighted by Crippen LogP contribution is -2.49. The van der Waals surface area contributed by atoms with Crippen LogP contribution in [0, 0.1) is 0 Å². The maximum Gasteiger partial charge on any atom is 0.410 e. The molecule has 0 fully saturated rings. The van der Waals surface area contributed by atoms with Crippen LogP contribution in [0.1, 0.15) is 11.1 Å². The van der Waals surface area contributed by atoms with E-state index in [1.807, 2.05) is 60.7 Å². The largest absolute Gasteiger partial charge is 0.467 e. The number of nitrogens with zero attached hydrogens (tertiary/aromatic N) is 1. The molecule has 0 bridgehead atoms. The fourth-order valence-corrected chi connectivity index (χ4v) is 2.61. The van der Waals surface area contributed by atoms with Crippen molar-refractivity contribution in [3.05, 3.63) is 71.8 Å². The van der Waals surface area contributed by atoms with Gasteiger partial charge in [-0.05, 0) is 11.1 Å². The van der Waals surface area contributed by atoms with E-state index in [0.717, 1.165) is 11.1 Å². The molecule has 0 aromatic heterocycles. The number of rotatable bonds is 8. The molecule has 2 rings (SSSR count). The van der Waals surface area contributed by atoms with Gasteiger partial charge in [-0.3, -0.25) is 4.90 Å². The fraction of sp³-hybridized carbons (Fsp3) is 0.300. The molecule has 2 N–H and O–H groups in total. The van der Waals surface area contributed by atoms with Crippen molar-refractivity contribution < 1.29 is 19.1 Å². The molecule has 0 aliphatic carbocycles. The first-order valence-corrected chi connectivity index (χ1v) is 8.45. The van der Waals surface area contributed by atoms with Gasteiger partial charge in [-0.2, -0.15) is 0 Å². The van der Waals surface area contributed by atoms with E-state index in [1.54, 1.807) is 0 Å². The summed E-state index contributed by atoms with van der Waals surface area (Å²) in [5, 5.41) is 0. The van der Waals surface area contributed by atoms with Crippen molar-refractivity contribution in [1.29, 1.82) is 0 Å². The Hall–Kier alpha value is -2.86. The van der Waals surface area contributed by atoms with Crippen molar-refractivity contribution in [1.82, 2.24) is 4.90 Å². The summed E-state index contributed by atoms with van der Waals surface area (Å²) in [4.78, 5) is 26.2. The molecule has 6 nitrogen and oxygen atoms in total. The van der Waals surface area contributed by atoms with Gasteiger partial charge in [-0.1, -0.05) is 60.7 Å². The topological polar surface area (TPSA) is 81.9 Å². The first-order valence-electron chi connectivity index (χ1n) is 8.45. The molecule has 1 atom stereocenters. The number of nitrogens with two attached hydrogens (primary N) is 1. The van der Waals surface area contributed by atoms with E-state index in [0.29, 0.717) is 6.42 Å². The zero-order chi connectivity index (χ0) is 18.8. The van der Waals surface area contributed by atoms with Crippen molar-refractivity contribution in [2.75, 3.05) is 20.2 Å². The van der Waals surface area contributed by atoms with Crippen molar-refractivity contribution in [2.45, 2.75) is 19.1 Å². The highest BCUT2D eigenvalue weighted by Gasteiger charge is 2.31. The number of carbonyl (C=O) groups excluding carboxylic acids is 2. The third-order valence-corrected chi connectivity index (χ3v) is 3.93. The van der Waals surface area contributed by atoms with Crippen LogP contribution in [0.2, 0.25) is 0 Å². The first kappa shape index (κ1) is 19.5. The Morgan fingerprint density at radius 2 is 1.58 bits per heavy atom. The van der Waals surface area contributed by atoms with Gasteiger partial charge >= 0.3 is 12.1 Å². The SMILES string of the molecule is COC(=O)C(Cc1ccccc1)N(CCN)C(=O)OCc1ccccc1. The standard InChI is InChI=1S/C20H24N2O4/c1-25-19(23)18(14-16-8-4-2-5-9-16)22(13-12-21)20(24)26-15-17-10-6-3-7-11-17/h2-11,18H,12-15,21H2,1H3. The number of hydrogen-bond acceptors (Lipinski definition) is 5. The number of amides is 1. The van der Waals surface area contributed by atoms with Crippen LogP contribution < -0.4 is 5.73 Å². The highest BCUT2D eigenvalue weighted by atomic mass is 16.6. The molecule has 26 heavy (non-hydrogen) atoms. The van der Waals surface area contributed by atoms with Crippen LogP contribution in [-0.4, -0.2) is 43.2 Å². The Kier molecular flexibility index (Phi) is 7.64. The number of hydrogen-bond donors (Lipinski definition) is 1. The lowest BCUT2D eigenvalue weighted by Gasteiger charge is -2.29. The van der Waals surface area contributed by atoms with Crippen molar-refractivity contribution in [3.63, 3.8) is 0 Å². The third kappa shape index (κ3) is 5.60. The highest BCUT2D eigenvalue weighted by molar-refractivity contribution is 5.81. The maximum atomic E-state index is 12.6. The minimum absolute atomic E-state index is 0.125. The van der Waals surface area contributed by atoms with Gasteiger partial charge < -0.3 is 15.2 Å². The van der Waals surface area contributed by atoms with E-state index in [1.165, 1.54) is 12.0 Å². The zero-order valence-electron chi connectivity index (χ0n) is 14.8. The molecule has 0 radical (unpaired) electrons. The predicted octanol–water partition coefficient (Wildman–Crippen LogP) is 2.37. The second-order valence-electron chi connectivity index (χ2n) is 5.75. The molecule has 1 amide bonds. The van der Waals surface area contributed by atoms with Gasteiger partial charge in [0.05, 0.1) is 7.11 Å². The summed E-state index contributed by atoms with van der Waals surface area (Å²) < 4.78 is 10.3. The molecular weight excluding hydrogens is 332 g/mol. The molecular formula is C20H24N2O4. The number of carbonyl (C=O) groups is 2. The number of esters is 1. The number of methoxy groups -OCH3 is 1. The van der Waals surface area contributed by atoms with Crippen molar-refractivity contribution >= 4 is 12.1 Å². The summed E-state index contributed by atoms with van der Waals surface area (Å²) >= 11 is 0. The molecule has 1 unspecified atom stereocenters. The molecule has 0 saturated carbocycles. The van der Waals surface area contributed by atoms with Crippen LogP contribution >= 0.6 is 0 Å². The second-order valence-corrected chi connectivity index (χ2v) is 5.75. The Morgan fingerprint density at radius 3 is 2.12 bits per heavy atom. The minimum atomic E-state index is -0.797. The normalized spacial score (nSPS) is 11.5. The van der Waals surface area contributed by atoms with Crippen LogP contribution in [0.4, 0.5) is 4.79 Å². The molecule has 0 aliphatic rings. The third-order valence-electron chi connectivity index (χ3n) is 3.93.